The SMILES string of the molecule is Nc1n[s+]([O-])[nH]c1=NC/C=C\COc1cccc(CN2CCCC2)c1. The fourth-order valence-corrected chi connectivity index (χ4v) is 3.41. The number of aromatic amines is 1. The van der Waals surface area contributed by atoms with Gasteiger partial charge in [0.1, 0.15) is 12.4 Å². The average Bonchev–Trinajstić information content (AvgIpc) is 3.20. The van der Waals surface area contributed by atoms with Crippen molar-refractivity contribution in [3.8, 4) is 5.75 Å². The highest BCUT2D eigenvalue weighted by Gasteiger charge is 2.11. The Balaban J connectivity index is 1.45. The second kappa shape index (κ2) is 8.80. The Bertz CT molecular complexity index is 777. The van der Waals surface area contributed by atoms with Gasteiger partial charge in [-0.2, -0.15) is 0 Å². The molecule has 0 bridgehead atoms. The Kier molecular flexibility index (Phi) is 6.21. The topological polar surface area (TPSA) is 103 Å². The molecule has 1 aromatic heterocycles. The molecule has 1 atom stereocenters. The fourth-order valence-electron chi connectivity index (χ4n) is 2.77. The highest BCUT2D eigenvalue weighted by Crippen LogP contribution is 2.17. The van der Waals surface area contributed by atoms with Crippen molar-refractivity contribution in [2.24, 2.45) is 4.99 Å². The molecule has 1 aliphatic rings. The zero-order valence-corrected chi connectivity index (χ0v) is 14.9. The van der Waals surface area contributed by atoms with Crippen LogP contribution in [0.3, 0.4) is 0 Å². The maximum atomic E-state index is 11.1. The average molecular weight is 361 g/mol. The van der Waals surface area contributed by atoms with Crippen molar-refractivity contribution in [2.45, 2.75) is 19.4 Å². The van der Waals surface area contributed by atoms with Gasteiger partial charge in [0.05, 0.1) is 6.54 Å². The van der Waals surface area contributed by atoms with Gasteiger partial charge in [0, 0.05) is 10.9 Å². The number of hydrogen-bond acceptors (Lipinski definition) is 6. The number of ether oxygens (including phenoxy) is 1. The minimum atomic E-state index is -1.49. The van der Waals surface area contributed by atoms with E-state index < -0.39 is 11.1 Å². The van der Waals surface area contributed by atoms with Crippen molar-refractivity contribution >= 4 is 17.0 Å². The number of hydrogen-bond donors (Lipinski definition) is 2. The lowest BCUT2D eigenvalue weighted by atomic mass is 10.2. The van der Waals surface area contributed by atoms with Gasteiger partial charge in [-0.05, 0) is 49.7 Å². The van der Waals surface area contributed by atoms with Crippen LogP contribution in [0.15, 0.2) is 41.4 Å². The predicted molar refractivity (Wildman–Crippen MR) is 97.7 cm³/mol. The molecule has 25 heavy (non-hydrogen) atoms. The molecule has 1 aliphatic heterocycles. The molecule has 0 saturated carbocycles. The van der Waals surface area contributed by atoms with Crippen LogP contribution in [0.5, 0.6) is 5.75 Å². The molecule has 1 fully saturated rings. The third kappa shape index (κ3) is 5.42. The molecule has 1 saturated heterocycles. The first-order chi connectivity index (χ1) is 12.2. The summed E-state index contributed by atoms with van der Waals surface area (Å²) in [6.07, 6.45) is 6.37. The summed E-state index contributed by atoms with van der Waals surface area (Å²) in [5, 5.41) is 0. The Morgan fingerprint density at radius 1 is 1.36 bits per heavy atom. The van der Waals surface area contributed by atoms with Crippen LogP contribution in [0.25, 0.3) is 0 Å². The maximum absolute atomic E-state index is 11.1. The van der Waals surface area contributed by atoms with E-state index in [1.54, 1.807) is 0 Å². The summed E-state index contributed by atoms with van der Waals surface area (Å²) in [5.41, 5.74) is 7.23. The highest BCUT2D eigenvalue weighted by molar-refractivity contribution is 7.13. The molecule has 0 aliphatic carbocycles. The van der Waals surface area contributed by atoms with E-state index in [2.05, 4.69) is 30.8 Å². The van der Waals surface area contributed by atoms with Crippen LogP contribution in [-0.2, 0) is 6.54 Å². The van der Waals surface area contributed by atoms with Crippen LogP contribution in [0.1, 0.15) is 18.4 Å². The van der Waals surface area contributed by atoms with E-state index in [4.69, 9.17) is 10.5 Å². The van der Waals surface area contributed by atoms with Crippen LogP contribution < -0.4 is 16.0 Å². The molecule has 7 nitrogen and oxygen atoms in total. The first-order valence-corrected chi connectivity index (χ1v) is 9.48. The molecular weight excluding hydrogens is 338 g/mol. The second-order valence-corrected chi connectivity index (χ2v) is 6.82. The number of anilines is 1. The van der Waals surface area contributed by atoms with E-state index in [0.717, 1.165) is 12.3 Å². The summed E-state index contributed by atoms with van der Waals surface area (Å²) < 4.78 is 23.1. The van der Waals surface area contributed by atoms with E-state index in [-0.39, 0.29) is 5.82 Å². The Hall–Kier alpha value is -2.16. The molecule has 1 unspecified atom stereocenters. The second-order valence-electron chi connectivity index (χ2n) is 5.93. The lowest BCUT2D eigenvalue weighted by Crippen LogP contribution is -2.18. The Morgan fingerprint density at radius 2 is 2.20 bits per heavy atom. The van der Waals surface area contributed by atoms with Gasteiger partial charge < -0.3 is 15.0 Å². The van der Waals surface area contributed by atoms with E-state index in [0.29, 0.717) is 18.6 Å². The number of nitrogens with zero attached hydrogens (tertiary/aromatic N) is 3. The van der Waals surface area contributed by atoms with Gasteiger partial charge in [0.2, 0.25) is 11.3 Å². The number of likely N-dealkylation sites (tertiary alicyclic amines) is 1. The molecule has 2 heterocycles. The van der Waals surface area contributed by atoms with Crippen LogP contribution in [-0.4, -0.2) is 44.4 Å². The summed E-state index contributed by atoms with van der Waals surface area (Å²) in [4.78, 5) is 6.65. The zero-order chi connectivity index (χ0) is 17.5. The lowest BCUT2D eigenvalue weighted by molar-refractivity contribution is 0.328. The monoisotopic (exact) mass is 361 g/mol. The number of nitrogen functional groups attached to an aromatic ring is 1. The van der Waals surface area contributed by atoms with Gasteiger partial charge in [-0.1, -0.05) is 18.2 Å². The Labute approximate surface area is 150 Å². The first kappa shape index (κ1) is 17.7. The minimum Gasteiger partial charge on any atom is -0.548 e. The van der Waals surface area contributed by atoms with Gasteiger partial charge in [0.25, 0.3) is 0 Å². The smallest absolute Gasteiger partial charge is 0.229 e. The van der Waals surface area contributed by atoms with Crippen molar-refractivity contribution in [3.63, 3.8) is 0 Å². The number of nitrogens with two attached hydrogens (primary N) is 1. The predicted octanol–water partition coefficient (Wildman–Crippen LogP) is 1.85. The van der Waals surface area contributed by atoms with Crippen molar-refractivity contribution in [3.05, 3.63) is 47.5 Å². The minimum absolute atomic E-state index is 0.179. The molecule has 8 heteroatoms. The number of aromatic nitrogens is 2. The molecule has 0 amide bonds. The summed E-state index contributed by atoms with van der Waals surface area (Å²) in [6.45, 7) is 4.26. The van der Waals surface area contributed by atoms with Gasteiger partial charge >= 0.3 is 0 Å². The van der Waals surface area contributed by atoms with Crippen LogP contribution >= 0.6 is 11.1 Å². The number of nitrogens with one attached hydrogen (secondary N) is 1. The van der Waals surface area contributed by atoms with Crippen molar-refractivity contribution in [1.29, 1.82) is 0 Å². The van der Waals surface area contributed by atoms with Gasteiger partial charge in [0.15, 0.2) is 11.1 Å². The first-order valence-electron chi connectivity index (χ1n) is 8.37. The zero-order valence-electron chi connectivity index (χ0n) is 14.1. The molecule has 0 spiro atoms. The maximum Gasteiger partial charge on any atom is 0.229 e. The fraction of sp³-hybridized carbons (Fsp3) is 0.412. The van der Waals surface area contributed by atoms with Gasteiger partial charge in [-0.15, -0.1) is 4.37 Å². The van der Waals surface area contributed by atoms with Crippen LogP contribution in [0, 0.1) is 0 Å². The third-order valence-electron chi connectivity index (χ3n) is 3.98. The van der Waals surface area contributed by atoms with Gasteiger partial charge in [-0.25, -0.2) is 0 Å². The van der Waals surface area contributed by atoms with Gasteiger partial charge in [-0.3, -0.25) is 9.89 Å². The van der Waals surface area contributed by atoms with Crippen LogP contribution in [0.2, 0.25) is 0 Å². The molecule has 3 N–H and O–H groups in total. The lowest BCUT2D eigenvalue weighted by Gasteiger charge is -2.15. The number of H-pyrrole nitrogens is 1. The third-order valence-corrected chi connectivity index (χ3v) is 4.71. The summed E-state index contributed by atoms with van der Waals surface area (Å²) in [5.74, 6) is 1.05. The molecule has 3 rings (SSSR count). The summed E-state index contributed by atoms with van der Waals surface area (Å²) >= 11 is -1.49. The highest BCUT2D eigenvalue weighted by atomic mass is 32.2. The summed E-state index contributed by atoms with van der Waals surface area (Å²) in [7, 11) is 0. The van der Waals surface area contributed by atoms with E-state index in [9.17, 15) is 4.55 Å². The van der Waals surface area contributed by atoms with E-state index >= 15 is 0 Å². The van der Waals surface area contributed by atoms with Crippen molar-refractivity contribution in [1.82, 2.24) is 13.6 Å². The van der Waals surface area contributed by atoms with Crippen molar-refractivity contribution in [2.75, 3.05) is 32.0 Å². The van der Waals surface area contributed by atoms with E-state index in [1.165, 1.54) is 31.5 Å². The summed E-state index contributed by atoms with van der Waals surface area (Å²) in [6, 6.07) is 8.24. The standard InChI is InChI=1S/C17H23N5O2S/c18-16-17(21-25(23)20-16)19-8-1-4-11-24-15-7-5-6-14(12-15)13-22-9-2-3-10-22/h1,4-7,12H,2-3,8-11,13H2,(H2,18,20)(H,19,21)/b4-1-. The number of rotatable bonds is 7. The largest absolute Gasteiger partial charge is 0.548 e. The molecule has 1 aromatic carbocycles. The van der Waals surface area contributed by atoms with Crippen molar-refractivity contribution < 1.29 is 9.29 Å². The Morgan fingerprint density at radius 3 is 2.96 bits per heavy atom. The number of benzene rings is 1. The molecule has 134 valence electrons. The quantitative estimate of drug-likeness (QED) is 0.579. The van der Waals surface area contributed by atoms with Crippen LogP contribution in [0.4, 0.5) is 5.82 Å². The molecule has 0 radical (unpaired) electrons. The molecule has 2 aromatic rings. The molecular formula is C17H23N5O2S. The normalized spacial score (nSPS) is 16.8. The van der Waals surface area contributed by atoms with E-state index in [1.807, 2.05) is 24.3 Å².